The number of nitrogens with one attached hydrogen (secondary N) is 2. The third-order valence-corrected chi connectivity index (χ3v) is 4.16. The van der Waals surface area contributed by atoms with E-state index in [4.69, 9.17) is 5.11 Å². The number of urea groups is 1. The van der Waals surface area contributed by atoms with E-state index in [-0.39, 0.29) is 17.5 Å². The van der Waals surface area contributed by atoms with Gasteiger partial charge in [0.2, 0.25) is 0 Å². The molecule has 2 amide bonds. The van der Waals surface area contributed by atoms with Crippen LogP contribution in [0.15, 0.2) is 0 Å². The number of hydrogen-bond acceptors (Lipinski definition) is 3. The van der Waals surface area contributed by atoms with Gasteiger partial charge < -0.3 is 15.7 Å². The standard InChI is InChI=1S/C13H24N2O3S/c1-13(2)6-4-9(8-13)14-12(18)15-10(11(16)17)5-7-19-3/h9-10H,4-8H2,1-3H3,(H,16,17)(H2,14,15,18)/t9?,10-/m0/s1. The lowest BCUT2D eigenvalue weighted by Crippen LogP contribution is -2.48. The monoisotopic (exact) mass is 288 g/mol. The fourth-order valence-corrected chi connectivity index (χ4v) is 2.91. The third kappa shape index (κ3) is 5.72. The molecule has 0 aliphatic heterocycles. The van der Waals surface area contributed by atoms with Gasteiger partial charge in [0.15, 0.2) is 0 Å². The molecule has 5 nitrogen and oxygen atoms in total. The van der Waals surface area contributed by atoms with Crippen LogP contribution >= 0.6 is 11.8 Å². The summed E-state index contributed by atoms with van der Waals surface area (Å²) in [6.07, 6.45) is 5.36. The van der Waals surface area contributed by atoms with Gasteiger partial charge in [-0.25, -0.2) is 9.59 Å². The number of carboxylic acids is 1. The van der Waals surface area contributed by atoms with Crippen LogP contribution < -0.4 is 10.6 Å². The van der Waals surface area contributed by atoms with E-state index < -0.39 is 12.0 Å². The predicted octanol–water partition coefficient (Wildman–Crippen LogP) is 2.07. The lowest BCUT2D eigenvalue weighted by Gasteiger charge is -2.19. The van der Waals surface area contributed by atoms with Gasteiger partial charge in [0, 0.05) is 6.04 Å². The smallest absolute Gasteiger partial charge is 0.326 e. The van der Waals surface area contributed by atoms with E-state index in [0.717, 1.165) is 19.3 Å². The van der Waals surface area contributed by atoms with Crippen molar-refractivity contribution in [3.63, 3.8) is 0 Å². The molecule has 6 heteroatoms. The summed E-state index contributed by atoms with van der Waals surface area (Å²) in [4.78, 5) is 22.8. The normalized spacial score (nSPS) is 22.8. The molecule has 0 radical (unpaired) electrons. The number of amides is 2. The van der Waals surface area contributed by atoms with Gasteiger partial charge in [-0.15, -0.1) is 0 Å². The average molecular weight is 288 g/mol. The summed E-state index contributed by atoms with van der Waals surface area (Å²) in [6, 6.07) is -1.01. The van der Waals surface area contributed by atoms with Crippen molar-refractivity contribution in [3.05, 3.63) is 0 Å². The largest absolute Gasteiger partial charge is 0.480 e. The van der Waals surface area contributed by atoms with E-state index in [2.05, 4.69) is 24.5 Å². The van der Waals surface area contributed by atoms with Gasteiger partial charge in [-0.1, -0.05) is 13.8 Å². The Labute approximate surface area is 118 Å². The van der Waals surface area contributed by atoms with Gasteiger partial charge in [0.25, 0.3) is 0 Å². The number of carbonyl (C=O) groups is 2. The molecule has 0 aromatic rings. The molecule has 1 saturated carbocycles. The van der Waals surface area contributed by atoms with Crippen LogP contribution in [0.5, 0.6) is 0 Å². The van der Waals surface area contributed by atoms with Gasteiger partial charge in [-0.3, -0.25) is 0 Å². The quantitative estimate of drug-likeness (QED) is 0.699. The number of carboxylic acid groups (broad SMARTS) is 1. The first kappa shape index (κ1) is 16.1. The maximum atomic E-state index is 11.8. The van der Waals surface area contributed by atoms with E-state index >= 15 is 0 Å². The molecule has 3 N–H and O–H groups in total. The van der Waals surface area contributed by atoms with E-state index in [1.54, 1.807) is 11.8 Å². The number of rotatable bonds is 6. The van der Waals surface area contributed by atoms with E-state index in [9.17, 15) is 9.59 Å². The van der Waals surface area contributed by atoms with Crippen molar-refractivity contribution >= 4 is 23.8 Å². The highest BCUT2D eigenvalue weighted by molar-refractivity contribution is 7.98. The highest BCUT2D eigenvalue weighted by Gasteiger charge is 2.32. The van der Waals surface area contributed by atoms with Crippen molar-refractivity contribution in [3.8, 4) is 0 Å². The highest BCUT2D eigenvalue weighted by atomic mass is 32.2. The fraction of sp³-hybridized carbons (Fsp3) is 0.846. The molecular weight excluding hydrogens is 264 g/mol. The van der Waals surface area contributed by atoms with Crippen LogP contribution in [0.3, 0.4) is 0 Å². The Morgan fingerprint density at radius 1 is 1.47 bits per heavy atom. The van der Waals surface area contributed by atoms with Gasteiger partial charge in [-0.05, 0) is 43.1 Å². The molecule has 0 saturated heterocycles. The predicted molar refractivity (Wildman–Crippen MR) is 77.5 cm³/mol. The Morgan fingerprint density at radius 3 is 2.63 bits per heavy atom. The molecule has 0 bridgehead atoms. The maximum Gasteiger partial charge on any atom is 0.326 e. The number of aliphatic carboxylic acids is 1. The molecule has 0 spiro atoms. The molecule has 1 rings (SSSR count). The molecule has 0 aromatic carbocycles. The topological polar surface area (TPSA) is 78.4 Å². The molecule has 110 valence electrons. The van der Waals surface area contributed by atoms with Crippen molar-refractivity contribution in [1.29, 1.82) is 0 Å². The van der Waals surface area contributed by atoms with E-state index in [1.807, 2.05) is 6.26 Å². The first-order chi connectivity index (χ1) is 8.84. The minimum absolute atomic E-state index is 0.157. The third-order valence-electron chi connectivity index (χ3n) is 3.52. The molecule has 1 aliphatic carbocycles. The number of hydrogen-bond donors (Lipinski definition) is 3. The first-order valence-electron chi connectivity index (χ1n) is 6.63. The van der Waals surface area contributed by atoms with Crippen LogP contribution in [0.25, 0.3) is 0 Å². The van der Waals surface area contributed by atoms with Gasteiger partial charge in [0.05, 0.1) is 0 Å². The summed E-state index contributed by atoms with van der Waals surface area (Å²) in [6.45, 7) is 4.37. The van der Waals surface area contributed by atoms with Crippen molar-refractivity contribution < 1.29 is 14.7 Å². The van der Waals surface area contributed by atoms with Crippen LogP contribution in [0.4, 0.5) is 4.79 Å². The zero-order valence-electron chi connectivity index (χ0n) is 11.9. The fourth-order valence-electron chi connectivity index (χ4n) is 2.44. The van der Waals surface area contributed by atoms with Crippen LogP contribution in [-0.2, 0) is 4.79 Å². The molecule has 0 heterocycles. The van der Waals surface area contributed by atoms with Crippen LogP contribution in [0.1, 0.15) is 39.5 Å². The van der Waals surface area contributed by atoms with E-state index in [0.29, 0.717) is 12.2 Å². The Kier molecular flexibility index (Phi) is 5.97. The maximum absolute atomic E-state index is 11.8. The minimum atomic E-state index is -0.976. The summed E-state index contributed by atoms with van der Waals surface area (Å²) in [5.41, 5.74) is 0.267. The van der Waals surface area contributed by atoms with Gasteiger partial charge >= 0.3 is 12.0 Å². The zero-order valence-corrected chi connectivity index (χ0v) is 12.7. The molecule has 1 aliphatic rings. The van der Waals surface area contributed by atoms with E-state index in [1.165, 1.54) is 0 Å². The summed E-state index contributed by atoms with van der Waals surface area (Å²) in [5, 5.41) is 14.5. The van der Waals surface area contributed by atoms with Gasteiger partial charge in [-0.2, -0.15) is 11.8 Å². The summed E-state index contributed by atoms with van der Waals surface area (Å²) >= 11 is 1.57. The minimum Gasteiger partial charge on any atom is -0.480 e. The summed E-state index contributed by atoms with van der Waals surface area (Å²) in [5.74, 6) is -0.260. The summed E-state index contributed by atoms with van der Waals surface area (Å²) < 4.78 is 0. The summed E-state index contributed by atoms with van der Waals surface area (Å²) in [7, 11) is 0. The highest BCUT2D eigenvalue weighted by Crippen LogP contribution is 2.36. The first-order valence-corrected chi connectivity index (χ1v) is 8.02. The molecule has 2 atom stereocenters. The Morgan fingerprint density at radius 2 is 2.16 bits per heavy atom. The second-order valence-electron chi connectivity index (χ2n) is 5.89. The average Bonchev–Trinajstić information content (AvgIpc) is 2.63. The Hall–Kier alpha value is -0.910. The van der Waals surface area contributed by atoms with Crippen LogP contribution in [-0.4, -0.2) is 41.2 Å². The molecule has 1 fully saturated rings. The van der Waals surface area contributed by atoms with Crippen LogP contribution in [0, 0.1) is 5.41 Å². The van der Waals surface area contributed by atoms with Crippen molar-refractivity contribution in [2.75, 3.05) is 12.0 Å². The number of thioether (sulfide) groups is 1. The van der Waals surface area contributed by atoms with Crippen molar-refractivity contribution in [2.45, 2.75) is 51.6 Å². The van der Waals surface area contributed by atoms with Crippen molar-refractivity contribution in [1.82, 2.24) is 10.6 Å². The lowest BCUT2D eigenvalue weighted by molar-refractivity contribution is -0.139. The van der Waals surface area contributed by atoms with Crippen LogP contribution in [0.2, 0.25) is 0 Å². The molecular formula is C13H24N2O3S. The number of carbonyl (C=O) groups excluding carboxylic acids is 1. The lowest BCUT2D eigenvalue weighted by atomic mass is 9.92. The second-order valence-corrected chi connectivity index (χ2v) is 6.88. The van der Waals surface area contributed by atoms with Crippen molar-refractivity contribution in [2.24, 2.45) is 5.41 Å². The SMILES string of the molecule is CSCC[C@H](NC(=O)NC1CCC(C)(C)C1)C(=O)O. The second kappa shape index (κ2) is 7.03. The Balaban J connectivity index is 2.38. The molecule has 1 unspecified atom stereocenters. The molecule has 0 aromatic heterocycles. The Bertz CT molecular complexity index is 334. The molecule has 19 heavy (non-hydrogen) atoms. The zero-order chi connectivity index (χ0) is 14.5. The van der Waals surface area contributed by atoms with Gasteiger partial charge in [0.1, 0.15) is 6.04 Å².